The van der Waals surface area contributed by atoms with E-state index in [1.165, 1.54) is 4.90 Å². The molecule has 13 heteroatoms. The summed E-state index contributed by atoms with van der Waals surface area (Å²) in [7, 11) is 0. The number of carbonyl (C=O) groups excluding carboxylic acids is 4. The lowest BCUT2D eigenvalue weighted by Crippen LogP contribution is -2.59. The van der Waals surface area contributed by atoms with E-state index in [4.69, 9.17) is 9.47 Å². The van der Waals surface area contributed by atoms with Crippen LogP contribution in [0.25, 0.3) is 11.0 Å². The highest BCUT2D eigenvalue weighted by Gasteiger charge is 2.75. The maximum atomic E-state index is 15.1. The Balaban J connectivity index is 1.23. The lowest BCUT2D eigenvalue weighted by atomic mass is 9.70. The van der Waals surface area contributed by atoms with Gasteiger partial charge in [0.25, 0.3) is 0 Å². The van der Waals surface area contributed by atoms with Crippen molar-refractivity contribution in [1.29, 1.82) is 0 Å². The van der Waals surface area contributed by atoms with Crippen LogP contribution in [0.2, 0.25) is 0 Å². The number of likely N-dealkylation sites (tertiary alicyclic amines) is 1. The fourth-order valence-electron chi connectivity index (χ4n) is 8.57. The number of rotatable bonds is 17. The fourth-order valence-corrected chi connectivity index (χ4v) is 8.57. The van der Waals surface area contributed by atoms with Gasteiger partial charge in [-0.15, -0.1) is 18.3 Å². The Morgan fingerprint density at radius 2 is 1.76 bits per heavy atom. The summed E-state index contributed by atoms with van der Waals surface area (Å²) >= 11 is 0. The van der Waals surface area contributed by atoms with Gasteiger partial charge in [-0.3, -0.25) is 19.2 Å². The Kier molecular flexibility index (Phi) is 11.2. The molecule has 286 valence electrons. The third kappa shape index (κ3) is 7.29. The Bertz CT molecular complexity index is 2040. The first-order valence-electron chi connectivity index (χ1n) is 18.7. The third-order valence-corrected chi connectivity index (χ3v) is 11.1. The first-order chi connectivity index (χ1) is 26.8. The molecule has 2 N–H and O–H groups in total. The van der Waals surface area contributed by atoms with E-state index in [1.54, 1.807) is 21.7 Å². The van der Waals surface area contributed by atoms with Gasteiger partial charge in [-0.25, -0.2) is 4.68 Å². The summed E-state index contributed by atoms with van der Waals surface area (Å²) in [4.78, 5) is 60.1. The number of hydrogen-bond acceptors (Lipinski definition) is 9. The van der Waals surface area contributed by atoms with Crippen LogP contribution in [0.3, 0.4) is 0 Å². The molecule has 3 aliphatic rings. The molecular formula is C42H46N6O7. The molecule has 3 aromatic carbocycles. The van der Waals surface area contributed by atoms with Crippen LogP contribution in [0.5, 0.6) is 0 Å². The number of allylic oxidation sites excluding steroid dienone is 1. The first-order valence-corrected chi connectivity index (χ1v) is 18.7. The van der Waals surface area contributed by atoms with Gasteiger partial charge in [0.05, 0.1) is 42.1 Å². The van der Waals surface area contributed by atoms with Crippen molar-refractivity contribution >= 4 is 34.7 Å². The van der Waals surface area contributed by atoms with E-state index < -0.39 is 72.0 Å². The molecule has 2 bridgehead atoms. The number of para-hydroxylation sites is 1. The number of aliphatic hydroxyl groups excluding tert-OH is 1. The number of fused-ring (bicyclic) bond motifs is 2. The standard InChI is InChI=1S/C42H46N6O7/c1-3-5-20-35(50)54-26-32(29-16-10-7-11-17-29)43-39(51)36-34-21-22-42(55-34)37(36)40(52)48(30(25-49)24-28-14-8-6-9-15-28)38(42)41(53)46(23-4-2)27-47-33-19-13-12-18-31(33)44-45-47/h3-4,6-19,30,32,34,36-38,49H,1-2,5,20-27H2,(H,43,51)/t30-,32-,34+,36-,37-,38+,42-/m1/s1. The summed E-state index contributed by atoms with van der Waals surface area (Å²) in [5.74, 6) is -3.63. The second-order valence-corrected chi connectivity index (χ2v) is 14.4. The van der Waals surface area contributed by atoms with Crippen molar-refractivity contribution in [3.05, 3.63) is 121 Å². The number of carbonyl (C=O) groups is 4. The number of ether oxygens (including phenoxy) is 2. The highest BCUT2D eigenvalue weighted by atomic mass is 16.5. The zero-order chi connectivity index (χ0) is 38.5. The number of hydrogen-bond donors (Lipinski definition) is 2. The number of nitrogens with one attached hydrogen (secondary N) is 1. The lowest BCUT2D eigenvalue weighted by Gasteiger charge is -2.39. The summed E-state index contributed by atoms with van der Waals surface area (Å²) < 4.78 is 13.9. The molecule has 0 saturated carbocycles. The summed E-state index contributed by atoms with van der Waals surface area (Å²) in [6.45, 7) is 7.18. The van der Waals surface area contributed by atoms with E-state index in [-0.39, 0.29) is 32.7 Å². The van der Waals surface area contributed by atoms with Crippen LogP contribution < -0.4 is 5.32 Å². The van der Waals surface area contributed by atoms with Gasteiger partial charge in [0, 0.05) is 13.0 Å². The Labute approximate surface area is 319 Å². The minimum atomic E-state index is -1.34. The molecular weight excluding hydrogens is 700 g/mol. The van der Waals surface area contributed by atoms with Gasteiger partial charge in [-0.05, 0) is 48.9 Å². The average molecular weight is 747 g/mol. The monoisotopic (exact) mass is 746 g/mol. The second kappa shape index (κ2) is 16.4. The second-order valence-electron chi connectivity index (χ2n) is 14.4. The molecule has 13 nitrogen and oxygen atoms in total. The number of esters is 1. The largest absolute Gasteiger partial charge is 0.463 e. The zero-order valence-electron chi connectivity index (χ0n) is 30.6. The Morgan fingerprint density at radius 3 is 2.49 bits per heavy atom. The molecule has 1 spiro atoms. The summed E-state index contributed by atoms with van der Waals surface area (Å²) in [6, 6.07) is 23.4. The third-order valence-electron chi connectivity index (χ3n) is 11.1. The van der Waals surface area contributed by atoms with Gasteiger partial charge in [0.15, 0.2) is 0 Å². The number of aliphatic hydroxyl groups is 1. The minimum absolute atomic E-state index is 0.0186. The lowest BCUT2D eigenvalue weighted by molar-refractivity contribution is -0.152. The first kappa shape index (κ1) is 37.6. The molecule has 3 aliphatic heterocycles. The van der Waals surface area contributed by atoms with Crippen LogP contribution in [-0.2, 0) is 41.7 Å². The van der Waals surface area contributed by atoms with E-state index in [2.05, 4.69) is 28.8 Å². The zero-order valence-corrected chi connectivity index (χ0v) is 30.6. The van der Waals surface area contributed by atoms with Crippen molar-refractivity contribution in [2.75, 3.05) is 19.8 Å². The Hall–Kier alpha value is -5.66. The molecule has 3 amide bonds. The van der Waals surface area contributed by atoms with Gasteiger partial charge < -0.3 is 29.7 Å². The molecule has 0 radical (unpaired) electrons. The fraction of sp³-hybridized carbons (Fsp3) is 0.381. The van der Waals surface area contributed by atoms with Crippen molar-refractivity contribution in [3.8, 4) is 0 Å². The number of amides is 3. The normalized spacial score (nSPS) is 23.6. The molecule has 55 heavy (non-hydrogen) atoms. The number of nitrogens with zero attached hydrogens (tertiary/aromatic N) is 5. The maximum Gasteiger partial charge on any atom is 0.306 e. The van der Waals surface area contributed by atoms with Gasteiger partial charge in [0.1, 0.15) is 30.4 Å². The summed E-state index contributed by atoms with van der Waals surface area (Å²) in [5.41, 5.74) is 1.66. The van der Waals surface area contributed by atoms with E-state index in [9.17, 15) is 19.5 Å². The van der Waals surface area contributed by atoms with E-state index >= 15 is 4.79 Å². The number of aromatic nitrogens is 3. The predicted molar refractivity (Wildman–Crippen MR) is 203 cm³/mol. The van der Waals surface area contributed by atoms with Gasteiger partial charge >= 0.3 is 5.97 Å². The van der Waals surface area contributed by atoms with E-state index in [1.807, 2.05) is 84.9 Å². The summed E-state index contributed by atoms with van der Waals surface area (Å²) in [6.07, 6.45) is 4.32. The molecule has 3 fully saturated rings. The van der Waals surface area contributed by atoms with E-state index in [0.29, 0.717) is 24.8 Å². The van der Waals surface area contributed by atoms with Crippen molar-refractivity contribution in [2.24, 2.45) is 11.8 Å². The van der Waals surface area contributed by atoms with Crippen LogP contribution in [-0.4, -0.2) is 97.1 Å². The minimum Gasteiger partial charge on any atom is -0.463 e. The van der Waals surface area contributed by atoms with Crippen molar-refractivity contribution < 1.29 is 33.8 Å². The van der Waals surface area contributed by atoms with Crippen molar-refractivity contribution in [2.45, 2.75) is 68.6 Å². The van der Waals surface area contributed by atoms with Crippen molar-refractivity contribution in [3.63, 3.8) is 0 Å². The highest BCUT2D eigenvalue weighted by Crippen LogP contribution is 2.59. The molecule has 7 rings (SSSR count). The maximum absolute atomic E-state index is 15.1. The molecule has 0 aliphatic carbocycles. The molecule has 4 heterocycles. The molecule has 4 aromatic rings. The van der Waals surface area contributed by atoms with Gasteiger partial charge in [-0.1, -0.05) is 90.2 Å². The van der Waals surface area contributed by atoms with Crippen molar-refractivity contribution in [1.82, 2.24) is 30.1 Å². The molecule has 7 atom stereocenters. The quantitative estimate of drug-likeness (QED) is 0.121. The Morgan fingerprint density at radius 1 is 1.04 bits per heavy atom. The van der Waals surface area contributed by atoms with Gasteiger partial charge in [-0.2, -0.15) is 0 Å². The average Bonchev–Trinajstić information content (AvgIpc) is 3.97. The predicted octanol–water partition coefficient (Wildman–Crippen LogP) is 3.75. The molecule has 3 saturated heterocycles. The van der Waals surface area contributed by atoms with Crippen LogP contribution in [0.15, 0.2) is 110 Å². The number of benzene rings is 3. The summed E-state index contributed by atoms with van der Waals surface area (Å²) in [5, 5.41) is 22.5. The van der Waals surface area contributed by atoms with Crippen LogP contribution in [0, 0.1) is 11.8 Å². The smallest absolute Gasteiger partial charge is 0.306 e. The SMILES string of the molecule is C=CCCC(=O)OC[C@@H](NC(=O)[C@@H]1[C@@H]2CC[C@]3(O2)[C@H](C(=O)N(CC=C)Cn2nnc4ccccc42)N([C@@H](CO)Cc2ccccc2)C(=O)[C@@H]13)c1ccccc1. The topological polar surface area (TPSA) is 156 Å². The molecule has 0 unspecified atom stereocenters. The van der Waals surface area contributed by atoms with Gasteiger partial charge in [0.2, 0.25) is 17.7 Å². The van der Waals surface area contributed by atoms with Crippen LogP contribution >= 0.6 is 0 Å². The van der Waals surface area contributed by atoms with Crippen LogP contribution in [0.4, 0.5) is 0 Å². The van der Waals surface area contributed by atoms with Crippen LogP contribution in [0.1, 0.15) is 42.9 Å². The van der Waals surface area contributed by atoms with E-state index in [0.717, 1.165) is 16.6 Å². The molecule has 1 aromatic heterocycles. The highest BCUT2D eigenvalue weighted by molar-refractivity contribution is 5.99.